The van der Waals surface area contributed by atoms with Gasteiger partial charge in [0, 0.05) is 6.07 Å². The minimum absolute atomic E-state index is 1.23. The molecule has 1 aromatic heterocycles. The Kier molecular flexibility index (Phi) is 2.13. The largest absolute Gasteiger partial charge is 0.276 e. The standard InChI is InChI=1S/C9H15N2/c1-8-6-5-7-9(10(2)3)11(8)4/h5-7H,1-4H3/q+1. The minimum Gasteiger partial charge on any atom is -0.267 e. The molecule has 0 aliphatic rings. The van der Waals surface area contributed by atoms with Crippen LogP contribution in [0.2, 0.25) is 0 Å². The van der Waals surface area contributed by atoms with E-state index < -0.39 is 0 Å². The first kappa shape index (κ1) is 8.05. The summed E-state index contributed by atoms with van der Waals surface area (Å²) in [5.74, 6) is 1.23. The van der Waals surface area contributed by atoms with Crippen molar-refractivity contribution < 1.29 is 4.57 Å². The van der Waals surface area contributed by atoms with Crippen molar-refractivity contribution in [1.82, 2.24) is 0 Å². The summed E-state index contributed by atoms with van der Waals surface area (Å²) in [6.07, 6.45) is 0. The lowest BCUT2D eigenvalue weighted by atomic mass is 10.3. The maximum atomic E-state index is 2.17. The van der Waals surface area contributed by atoms with Gasteiger partial charge in [0.05, 0.1) is 21.1 Å². The molecule has 0 fully saturated rings. The van der Waals surface area contributed by atoms with Crippen LogP contribution in [0.3, 0.4) is 0 Å². The monoisotopic (exact) mass is 151 g/mol. The average molecular weight is 151 g/mol. The summed E-state index contributed by atoms with van der Waals surface area (Å²) in [6.45, 7) is 2.10. The summed E-state index contributed by atoms with van der Waals surface area (Å²) < 4.78 is 2.17. The van der Waals surface area contributed by atoms with Crippen LogP contribution < -0.4 is 9.47 Å². The Morgan fingerprint density at radius 2 is 1.91 bits per heavy atom. The van der Waals surface area contributed by atoms with E-state index in [1.54, 1.807) is 0 Å². The third kappa shape index (κ3) is 1.50. The van der Waals surface area contributed by atoms with Crippen molar-refractivity contribution in [2.75, 3.05) is 19.0 Å². The number of nitrogens with zero attached hydrogens (tertiary/aromatic N) is 2. The molecule has 0 unspecified atom stereocenters. The zero-order chi connectivity index (χ0) is 8.43. The van der Waals surface area contributed by atoms with Gasteiger partial charge in [-0.2, -0.15) is 0 Å². The fourth-order valence-electron chi connectivity index (χ4n) is 1.13. The quantitative estimate of drug-likeness (QED) is 0.541. The van der Waals surface area contributed by atoms with E-state index in [9.17, 15) is 0 Å². The molecule has 11 heavy (non-hydrogen) atoms. The second-order valence-electron chi connectivity index (χ2n) is 2.98. The molecule has 2 nitrogen and oxygen atoms in total. The van der Waals surface area contributed by atoms with Gasteiger partial charge in [0.2, 0.25) is 0 Å². The number of aryl methyl sites for hydroxylation is 1. The lowest BCUT2D eigenvalue weighted by Crippen LogP contribution is -2.38. The first-order valence-electron chi connectivity index (χ1n) is 3.76. The molecule has 0 aromatic carbocycles. The highest BCUT2D eigenvalue weighted by molar-refractivity contribution is 5.30. The van der Waals surface area contributed by atoms with E-state index in [0.717, 1.165) is 0 Å². The Bertz CT molecular complexity index is 254. The second-order valence-corrected chi connectivity index (χ2v) is 2.98. The first-order valence-corrected chi connectivity index (χ1v) is 3.76. The molecule has 2 heteroatoms. The molecule has 0 radical (unpaired) electrons. The van der Waals surface area contributed by atoms with Crippen LogP contribution in [0.1, 0.15) is 5.69 Å². The fourth-order valence-corrected chi connectivity index (χ4v) is 1.13. The highest BCUT2D eigenvalue weighted by Crippen LogP contribution is 2.03. The number of rotatable bonds is 1. The molecule has 1 heterocycles. The van der Waals surface area contributed by atoms with E-state index in [0.29, 0.717) is 0 Å². The maximum Gasteiger partial charge on any atom is 0.276 e. The summed E-state index contributed by atoms with van der Waals surface area (Å²) in [5.41, 5.74) is 1.27. The zero-order valence-electron chi connectivity index (χ0n) is 7.63. The highest BCUT2D eigenvalue weighted by Gasteiger charge is 2.07. The summed E-state index contributed by atoms with van der Waals surface area (Å²) in [4.78, 5) is 2.10. The van der Waals surface area contributed by atoms with Crippen molar-refractivity contribution in [2.24, 2.45) is 7.05 Å². The Balaban J connectivity index is 3.17. The number of aromatic nitrogens is 1. The average Bonchev–Trinajstić information content (AvgIpc) is 1.94. The smallest absolute Gasteiger partial charge is 0.267 e. The van der Waals surface area contributed by atoms with Crippen LogP contribution in [-0.4, -0.2) is 14.1 Å². The van der Waals surface area contributed by atoms with Gasteiger partial charge in [0.15, 0.2) is 0 Å². The Morgan fingerprint density at radius 1 is 1.27 bits per heavy atom. The summed E-state index contributed by atoms with van der Waals surface area (Å²) >= 11 is 0. The van der Waals surface area contributed by atoms with Crippen molar-refractivity contribution in [3.8, 4) is 0 Å². The number of anilines is 1. The summed E-state index contributed by atoms with van der Waals surface area (Å²) in [7, 11) is 6.17. The maximum absolute atomic E-state index is 2.17. The van der Waals surface area contributed by atoms with Crippen molar-refractivity contribution in [3.05, 3.63) is 23.9 Å². The topological polar surface area (TPSA) is 7.12 Å². The summed E-state index contributed by atoms with van der Waals surface area (Å²) in [5, 5.41) is 0. The van der Waals surface area contributed by atoms with Crippen LogP contribution in [0.25, 0.3) is 0 Å². The molecule has 0 atom stereocenters. The minimum atomic E-state index is 1.23. The van der Waals surface area contributed by atoms with E-state index in [-0.39, 0.29) is 0 Å². The van der Waals surface area contributed by atoms with Crippen molar-refractivity contribution in [1.29, 1.82) is 0 Å². The van der Waals surface area contributed by atoms with Crippen LogP contribution in [0.4, 0.5) is 5.82 Å². The lowest BCUT2D eigenvalue weighted by Gasteiger charge is -2.08. The van der Waals surface area contributed by atoms with Gasteiger partial charge in [0.1, 0.15) is 5.69 Å². The molecule has 0 aliphatic carbocycles. The van der Waals surface area contributed by atoms with Crippen molar-refractivity contribution in [2.45, 2.75) is 6.92 Å². The predicted molar refractivity (Wildman–Crippen MR) is 46.7 cm³/mol. The van der Waals surface area contributed by atoms with Gasteiger partial charge < -0.3 is 0 Å². The molecule has 0 amide bonds. The Labute approximate surface area is 68.1 Å². The van der Waals surface area contributed by atoms with E-state index in [1.807, 2.05) is 0 Å². The van der Waals surface area contributed by atoms with Gasteiger partial charge in [-0.05, 0) is 13.0 Å². The highest BCUT2D eigenvalue weighted by atomic mass is 15.2. The van der Waals surface area contributed by atoms with Crippen LogP contribution >= 0.6 is 0 Å². The summed E-state index contributed by atoms with van der Waals surface area (Å²) in [6, 6.07) is 6.28. The van der Waals surface area contributed by atoms with Crippen molar-refractivity contribution in [3.63, 3.8) is 0 Å². The van der Waals surface area contributed by atoms with Gasteiger partial charge in [-0.3, -0.25) is 4.90 Å². The third-order valence-electron chi connectivity index (χ3n) is 1.91. The zero-order valence-corrected chi connectivity index (χ0v) is 7.63. The van der Waals surface area contributed by atoms with Gasteiger partial charge in [0.25, 0.3) is 5.82 Å². The van der Waals surface area contributed by atoms with E-state index >= 15 is 0 Å². The number of pyridine rings is 1. The van der Waals surface area contributed by atoms with Crippen molar-refractivity contribution >= 4 is 5.82 Å². The SMILES string of the molecule is Cc1cccc(N(C)C)[n+]1C. The predicted octanol–water partition coefficient (Wildman–Crippen LogP) is 0.886. The Hall–Kier alpha value is -1.05. The van der Waals surface area contributed by atoms with Crippen LogP contribution in [0.15, 0.2) is 18.2 Å². The van der Waals surface area contributed by atoms with Gasteiger partial charge in [-0.15, -0.1) is 0 Å². The number of hydrogen-bond acceptors (Lipinski definition) is 1. The molecule has 1 aromatic rings. The van der Waals surface area contributed by atoms with E-state index in [1.165, 1.54) is 11.5 Å². The molecule has 0 spiro atoms. The molecular formula is C9H15N2+. The van der Waals surface area contributed by atoms with E-state index in [2.05, 4.69) is 55.7 Å². The lowest BCUT2D eigenvalue weighted by molar-refractivity contribution is -0.665. The van der Waals surface area contributed by atoms with Gasteiger partial charge in [-0.25, -0.2) is 4.57 Å². The van der Waals surface area contributed by atoms with Crippen LogP contribution in [0, 0.1) is 6.92 Å². The molecule has 0 N–H and O–H groups in total. The van der Waals surface area contributed by atoms with Crippen LogP contribution in [0.5, 0.6) is 0 Å². The molecule has 0 saturated carbocycles. The normalized spacial score (nSPS) is 9.82. The second kappa shape index (κ2) is 2.91. The molecule has 0 aliphatic heterocycles. The first-order chi connectivity index (χ1) is 5.13. The molecular weight excluding hydrogens is 136 g/mol. The molecule has 0 bridgehead atoms. The molecule has 60 valence electrons. The van der Waals surface area contributed by atoms with Gasteiger partial charge in [-0.1, -0.05) is 6.07 Å². The Morgan fingerprint density at radius 3 is 2.36 bits per heavy atom. The van der Waals surface area contributed by atoms with Gasteiger partial charge >= 0.3 is 0 Å². The molecule has 0 saturated heterocycles. The third-order valence-corrected chi connectivity index (χ3v) is 1.91. The van der Waals surface area contributed by atoms with E-state index in [4.69, 9.17) is 0 Å². The molecule has 1 rings (SSSR count). The number of hydrogen-bond donors (Lipinski definition) is 0. The fraction of sp³-hybridized carbons (Fsp3) is 0.444. The van der Waals surface area contributed by atoms with Crippen LogP contribution in [-0.2, 0) is 7.05 Å².